The second-order valence-corrected chi connectivity index (χ2v) is 5.82. The molecule has 2 aromatic carbocycles. The van der Waals surface area contributed by atoms with Crippen molar-refractivity contribution in [3.63, 3.8) is 0 Å². The van der Waals surface area contributed by atoms with Crippen molar-refractivity contribution in [2.24, 2.45) is 0 Å². The van der Waals surface area contributed by atoms with E-state index in [1.807, 2.05) is 55.5 Å². The molecule has 0 aliphatic heterocycles. The largest absolute Gasteiger partial charge is 0.497 e. The summed E-state index contributed by atoms with van der Waals surface area (Å²) in [6.45, 7) is 2.44. The van der Waals surface area contributed by atoms with E-state index in [1.54, 1.807) is 7.11 Å². The maximum atomic E-state index is 12.2. The highest BCUT2D eigenvalue weighted by atomic mass is 16.5. The summed E-state index contributed by atoms with van der Waals surface area (Å²) in [5.41, 5.74) is 3.44. The van der Waals surface area contributed by atoms with Gasteiger partial charge in [0, 0.05) is 24.6 Å². The summed E-state index contributed by atoms with van der Waals surface area (Å²) >= 11 is 0. The fourth-order valence-corrected chi connectivity index (χ4v) is 2.39. The van der Waals surface area contributed by atoms with Crippen LogP contribution < -0.4 is 15.4 Å². The van der Waals surface area contributed by atoms with Gasteiger partial charge in [-0.25, -0.2) is 9.97 Å². The number of nitrogens with zero attached hydrogens (tertiary/aromatic N) is 2. The lowest BCUT2D eigenvalue weighted by Crippen LogP contribution is -2.23. The Labute approximate surface area is 152 Å². The minimum Gasteiger partial charge on any atom is -0.497 e. The van der Waals surface area contributed by atoms with Gasteiger partial charge in [-0.3, -0.25) is 4.79 Å². The van der Waals surface area contributed by atoms with Crippen LogP contribution >= 0.6 is 0 Å². The van der Waals surface area contributed by atoms with Crippen LogP contribution in [-0.4, -0.2) is 23.0 Å². The number of ether oxygens (including phenoxy) is 1. The summed E-state index contributed by atoms with van der Waals surface area (Å²) in [5.74, 6) is 1.01. The lowest BCUT2D eigenvalue weighted by atomic mass is 10.2. The third kappa shape index (κ3) is 4.57. The van der Waals surface area contributed by atoms with Crippen LogP contribution in [0, 0.1) is 6.92 Å². The van der Waals surface area contributed by atoms with E-state index in [0.29, 0.717) is 18.1 Å². The van der Waals surface area contributed by atoms with Crippen molar-refractivity contribution in [3.05, 3.63) is 77.6 Å². The number of nitrogens with one attached hydrogen (secondary N) is 2. The van der Waals surface area contributed by atoms with E-state index in [-0.39, 0.29) is 5.91 Å². The number of anilines is 2. The Morgan fingerprint density at radius 1 is 1.08 bits per heavy atom. The molecule has 0 saturated heterocycles. The maximum absolute atomic E-state index is 12.2. The van der Waals surface area contributed by atoms with Gasteiger partial charge in [0.05, 0.1) is 12.7 Å². The number of hydrogen-bond donors (Lipinski definition) is 2. The minimum atomic E-state index is -0.220. The Balaban J connectivity index is 1.57. The molecule has 132 valence electrons. The van der Waals surface area contributed by atoms with E-state index in [1.165, 1.54) is 12.4 Å². The molecule has 0 aliphatic carbocycles. The lowest BCUT2D eigenvalue weighted by molar-refractivity contribution is 0.0950. The first kappa shape index (κ1) is 17.4. The Bertz CT molecular complexity index is 877. The number of carbonyl (C=O) groups excluding carboxylic acids is 1. The van der Waals surface area contributed by atoms with E-state index >= 15 is 0 Å². The molecule has 0 aliphatic rings. The standard InChI is InChI=1S/C20H20N4O2/c1-14-4-3-5-17(10-14)24-20-22-12-16(13-23-20)19(25)21-11-15-6-8-18(26-2)9-7-15/h3-10,12-13H,11H2,1-2H3,(H,21,25)(H,22,23,24). The van der Waals surface area contributed by atoms with Crippen molar-refractivity contribution in [1.29, 1.82) is 0 Å². The summed E-state index contributed by atoms with van der Waals surface area (Å²) in [6.07, 6.45) is 3.02. The second kappa shape index (κ2) is 8.11. The molecule has 6 nitrogen and oxygen atoms in total. The van der Waals surface area contributed by atoms with Crippen molar-refractivity contribution >= 4 is 17.5 Å². The first-order chi connectivity index (χ1) is 12.6. The van der Waals surface area contributed by atoms with Crippen molar-refractivity contribution < 1.29 is 9.53 Å². The van der Waals surface area contributed by atoms with Crippen LogP contribution in [0.1, 0.15) is 21.5 Å². The second-order valence-electron chi connectivity index (χ2n) is 5.82. The van der Waals surface area contributed by atoms with Crippen LogP contribution in [0.25, 0.3) is 0 Å². The van der Waals surface area contributed by atoms with Gasteiger partial charge in [0.1, 0.15) is 5.75 Å². The first-order valence-electron chi connectivity index (χ1n) is 8.21. The molecule has 3 rings (SSSR count). The smallest absolute Gasteiger partial charge is 0.254 e. The molecule has 1 heterocycles. The molecule has 0 radical (unpaired) electrons. The highest BCUT2D eigenvalue weighted by molar-refractivity contribution is 5.93. The summed E-state index contributed by atoms with van der Waals surface area (Å²) < 4.78 is 5.11. The zero-order valence-corrected chi connectivity index (χ0v) is 14.7. The molecule has 1 amide bonds. The Kier molecular flexibility index (Phi) is 5.43. The molecule has 0 bridgehead atoms. The average molecular weight is 348 g/mol. The van der Waals surface area contributed by atoms with Gasteiger partial charge in [-0.05, 0) is 42.3 Å². The fourth-order valence-electron chi connectivity index (χ4n) is 2.39. The zero-order valence-electron chi connectivity index (χ0n) is 14.7. The number of aryl methyl sites for hydroxylation is 1. The summed E-state index contributed by atoms with van der Waals surface area (Å²) in [5, 5.41) is 5.96. The average Bonchev–Trinajstić information content (AvgIpc) is 2.67. The Hall–Kier alpha value is -3.41. The minimum absolute atomic E-state index is 0.220. The van der Waals surface area contributed by atoms with Gasteiger partial charge >= 0.3 is 0 Å². The normalized spacial score (nSPS) is 10.2. The molecule has 0 atom stereocenters. The Morgan fingerprint density at radius 3 is 2.46 bits per heavy atom. The summed E-state index contributed by atoms with van der Waals surface area (Å²) in [6, 6.07) is 15.4. The molecule has 0 spiro atoms. The number of aromatic nitrogens is 2. The van der Waals surface area contributed by atoms with Gasteiger partial charge in [-0.2, -0.15) is 0 Å². The van der Waals surface area contributed by atoms with E-state index in [0.717, 1.165) is 22.6 Å². The predicted octanol–water partition coefficient (Wildman–Crippen LogP) is 3.47. The first-order valence-corrected chi connectivity index (χ1v) is 8.21. The summed E-state index contributed by atoms with van der Waals surface area (Å²) in [7, 11) is 1.62. The number of benzene rings is 2. The Morgan fingerprint density at radius 2 is 1.81 bits per heavy atom. The molecule has 0 fully saturated rings. The van der Waals surface area contributed by atoms with E-state index in [4.69, 9.17) is 4.74 Å². The van der Waals surface area contributed by atoms with Crippen molar-refractivity contribution in [3.8, 4) is 5.75 Å². The number of methoxy groups -OCH3 is 1. The zero-order chi connectivity index (χ0) is 18.4. The third-order valence-electron chi connectivity index (χ3n) is 3.80. The van der Waals surface area contributed by atoms with Crippen molar-refractivity contribution in [1.82, 2.24) is 15.3 Å². The molecule has 6 heteroatoms. The number of amides is 1. The molecular formula is C20H20N4O2. The SMILES string of the molecule is COc1ccc(CNC(=O)c2cnc(Nc3cccc(C)c3)nc2)cc1. The highest BCUT2D eigenvalue weighted by Crippen LogP contribution is 2.14. The monoisotopic (exact) mass is 348 g/mol. The lowest BCUT2D eigenvalue weighted by Gasteiger charge is -2.08. The maximum Gasteiger partial charge on any atom is 0.254 e. The molecule has 0 saturated carbocycles. The third-order valence-corrected chi connectivity index (χ3v) is 3.80. The van der Waals surface area contributed by atoms with Crippen LogP contribution in [0.15, 0.2) is 60.9 Å². The van der Waals surface area contributed by atoms with E-state index in [9.17, 15) is 4.79 Å². The van der Waals surface area contributed by atoms with Gasteiger partial charge in [0.25, 0.3) is 5.91 Å². The van der Waals surface area contributed by atoms with Crippen molar-refractivity contribution in [2.45, 2.75) is 13.5 Å². The molecule has 2 N–H and O–H groups in total. The van der Waals surface area contributed by atoms with Gasteiger partial charge < -0.3 is 15.4 Å². The van der Waals surface area contributed by atoms with Gasteiger partial charge in [-0.15, -0.1) is 0 Å². The van der Waals surface area contributed by atoms with Gasteiger partial charge in [0.2, 0.25) is 5.95 Å². The molecule has 3 aromatic rings. The molecular weight excluding hydrogens is 328 g/mol. The van der Waals surface area contributed by atoms with E-state index < -0.39 is 0 Å². The fraction of sp³-hybridized carbons (Fsp3) is 0.150. The number of rotatable bonds is 6. The van der Waals surface area contributed by atoms with Crippen LogP contribution in [0.5, 0.6) is 5.75 Å². The molecule has 1 aromatic heterocycles. The predicted molar refractivity (Wildman–Crippen MR) is 101 cm³/mol. The summed E-state index contributed by atoms with van der Waals surface area (Å²) in [4.78, 5) is 20.6. The molecule has 0 unspecified atom stereocenters. The van der Waals surface area contributed by atoms with Crippen molar-refractivity contribution in [2.75, 3.05) is 12.4 Å². The van der Waals surface area contributed by atoms with Crippen LogP contribution in [-0.2, 0) is 6.54 Å². The number of hydrogen-bond acceptors (Lipinski definition) is 5. The van der Waals surface area contributed by atoms with Crippen LogP contribution in [0.3, 0.4) is 0 Å². The van der Waals surface area contributed by atoms with Gasteiger partial charge in [0.15, 0.2) is 0 Å². The topological polar surface area (TPSA) is 76.1 Å². The quantitative estimate of drug-likeness (QED) is 0.713. The van der Waals surface area contributed by atoms with Crippen LogP contribution in [0.4, 0.5) is 11.6 Å². The highest BCUT2D eigenvalue weighted by Gasteiger charge is 2.07. The van der Waals surface area contributed by atoms with Crippen LogP contribution in [0.2, 0.25) is 0 Å². The number of carbonyl (C=O) groups is 1. The van der Waals surface area contributed by atoms with E-state index in [2.05, 4.69) is 20.6 Å². The molecule has 26 heavy (non-hydrogen) atoms. The van der Waals surface area contributed by atoms with Gasteiger partial charge in [-0.1, -0.05) is 24.3 Å².